The number of anilines is 2. The Morgan fingerprint density at radius 2 is 1.94 bits per heavy atom. The molecule has 0 bridgehead atoms. The first-order chi connectivity index (χ1) is 15.5. The molecule has 1 unspecified atom stereocenters. The number of hydrogen-bond donors (Lipinski definition) is 3. The molecule has 0 saturated carbocycles. The van der Waals surface area contributed by atoms with Crippen LogP contribution >= 0.6 is 0 Å². The van der Waals surface area contributed by atoms with Crippen molar-refractivity contribution in [3.63, 3.8) is 0 Å². The molecule has 0 radical (unpaired) electrons. The van der Waals surface area contributed by atoms with E-state index >= 15 is 0 Å². The number of nitrogens with zero attached hydrogens (tertiary/aromatic N) is 1. The lowest BCUT2D eigenvalue weighted by Gasteiger charge is -2.25. The highest BCUT2D eigenvalue weighted by atomic mass is 16.5. The maximum absolute atomic E-state index is 12.1. The van der Waals surface area contributed by atoms with Crippen LogP contribution in [-0.4, -0.2) is 31.4 Å². The number of nitriles is 1. The van der Waals surface area contributed by atoms with E-state index in [4.69, 9.17) is 20.5 Å². The summed E-state index contributed by atoms with van der Waals surface area (Å²) in [6, 6.07) is 17.4. The zero-order chi connectivity index (χ0) is 23.1. The molecule has 32 heavy (non-hydrogen) atoms. The van der Waals surface area contributed by atoms with Crippen molar-refractivity contribution in [1.29, 1.82) is 5.26 Å². The second-order valence-corrected chi connectivity index (χ2v) is 6.87. The average molecular weight is 432 g/mol. The van der Waals surface area contributed by atoms with Crippen LogP contribution < -0.4 is 25.6 Å². The van der Waals surface area contributed by atoms with Crippen LogP contribution in [0.3, 0.4) is 0 Å². The minimum atomic E-state index is -1.39. The molecule has 3 aromatic rings. The Labute approximate surface area is 185 Å². The number of carboxylic acid groups (broad SMARTS) is 1. The number of rotatable bonds is 9. The number of aliphatic hydroxyl groups is 1. The van der Waals surface area contributed by atoms with Crippen LogP contribution in [0.2, 0.25) is 0 Å². The van der Waals surface area contributed by atoms with Gasteiger partial charge in [0.25, 0.3) is 0 Å². The number of nitrogen functional groups attached to an aromatic ring is 1. The number of aliphatic carboxylic acids is 1. The van der Waals surface area contributed by atoms with Gasteiger partial charge >= 0.3 is 0 Å². The molecule has 4 N–H and O–H groups in total. The zero-order valence-electron chi connectivity index (χ0n) is 17.4. The van der Waals surface area contributed by atoms with E-state index in [1.807, 2.05) is 12.1 Å². The molecule has 0 amide bonds. The van der Waals surface area contributed by atoms with Crippen molar-refractivity contribution >= 4 is 17.3 Å². The van der Waals surface area contributed by atoms with E-state index in [-0.39, 0.29) is 24.5 Å². The van der Waals surface area contributed by atoms with Crippen molar-refractivity contribution in [2.24, 2.45) is 0 Å². The molecule has 8 heteroatoms. The third-order valence-electron chi connectivity index (χ3n) is 4.75. The number of hydrogen-bond acceptors (Lipinski definition) is 8. The average Bonchev–Trinajstić information content (AvgIpc) is 2.81. The third kappa shape index (κ3) is 5.09. The smallest absolute Gasteiger partial charge is 0.127 e. The number of carboxylic acids is 1. The summed E-state index contributed by atoms with van der Waals surface area (Å²) >= 11 is 0. The largest absolute Gasteiger partial charge is 0.548 e. The highest BCUT2D eigenvalue weighted by Crippen LogP contribution is 2.40. The molecule has 0 aliphatic heterocycles. The second kappa shape index (κ2) is 10.2. The monoisotopic (exact) mass is 432 g/mol. The summed E-state index contributed by atoms with van der Waals surface area (Å²) in [4.78, 5) is 12.1. The van der Waals surface area contributed by atoms with Gasteiger partial charge in [-0.3, -0.25) is 0 Å². The zero-order valence-corrected chi connectivity index (χ0v) is 17.4. The van der Waals surface area contributed by atoms with Gasteiger partial charge in [-0.25, -0.2) is 0 Å². The van der Waals surface area contributed by atoms with Crippen molar-refractivity contribution < 1.29 is 24.5 Å². The van der Waals surface area contributed by atoms with Gasteiger partial charge in [-0.15, -0.1) is 0 Å². The van der Waals surface area contributed by atoms with Crippen molar-refractivity contribution in [1.82, 2.24) is 0 Å². The number of benzene rings is 3. The number of nitrogens with one attached hydrogen (secondary N) is 1. The predicted molar refractivity (Wildman–Crippen MR) is 118 cm³/mol. The fourth-order valence-corrected chi connectivity index (χ4v) is 3.25. The number of carbonyl (C=O) groups is 1. The van der Waals surface area contributed by atoms with Crippen LogP contribution in [0.25, 0.3) is 11.1 Å². The summed E-state index contributed by atoms with van der Waals surface area (Å²) in [5.74, 6) is -0.732. The maximum atomic E-state index is 12.1. The summed E-state index contributed by atoms with van der Waals surface area (Å²) < 4.78 is 11.2. The minimum Gasteiger partial charge on any atom is -0.548 e. The van der Waals surface area contributed by atoms with E-state index in [1.165, 1.54) is 7.11 Å². The molecular formula is C24H22N3O5-. The topological polar surface area (TPSA) is 141 Å². The molecule has 3 rings (SSSR count). The number of ether oxygens (including phenoxy) is 2. The van der Waals surface area contributed by atoms with Gasteiger partial charge in [0.05, 0.1) is 37.4 Å². The van der Waals surface area contributed by atoms with Crippen molar-refractivity contribution in [3.8, 4) is 28.7 Å². The first-order valence-electron chi connectivity index (χ1n) is 9.76. The molecule has 8 nitrogen and oxygen atoms in total. The van der Waals surface area contributed by atoms with Crippen LogP contribution in [0.1, 0.15) is 17.2 Å². The molecule has 0 spiro atoms. The summed E-state index contributed by atoms with van der Waals surface area (Å²) in [5.41, 5.74) is 9.05. The molecule has 3 aromatic carbocycles. The van der Waals surface area contributed by atoms with Gasteiger partial charge in [0.1, 0.15) is 18.1 Å². The molecule has 0 saturated heterocycles. The number of methoxy groups -OCH3 is 1. The lowest BCUT2D eigenvalue weighted by molar-refractivity contribution is -0.307. The van der Waals surface area contributed by atoms with Gasteiger partial charge in [-0.1, -0.05) is 12.1 Å². The van der Waals surface area contributed by atoms with Crippen LogP contribution in [0.4, 0.5) is 11.4 Å². The van der Waals surface area contributed by atoms with Gasteiger partial charge in [-0.05, 0) is 54.1 Å². The van der Waals surface area contributed by atoms with Gasteiger partial charge in [0.15, 0.2) is 0 Å². The second-order valence-electron chi connectivity index (χ2n) is 6.87. The highest BCUT2D eigenvalue weighted by molar-refractivity contribution is 5.82. The first kappa shape index (κ1) is 22.5. The van der Waals surface area contributed by atoms with Crippen LogP contribution in [0, 0.1) is 11.3 Å². The number of aliphatic hydroxyl groups excluding tert-OH is 1. The van der Waals surface area contributed by atoms with Crippen molar-refractivity contribution in [3.05, 3.63) is 71.8 Å². The quantitative estimate of drug-likeness (QED) is 0.437. The van der Waals surface area contributed by atoms with Crippen molar-refractivity contribution in [2.75, 3.05) is 31.4 Å². The summed E-state index contributed by atoms with van der Waals surface area (Å²) in [6.07, 6.45) is 0. The Kier molecular flexibility index (Phi) is 7.16. The van der Waals surface area contributed by atoms with E-state index in [1.54, 1.807) is 54.6 Å². The highest BCUT2D eigenvalue weighted by Gasteiger charge is 2.22. The number of carbonyl (C=O) groups excluding carboxylic acids is 1. The van der Waals surface area contributed by atoms with Gasteiger partial charge in [-0.2, -0.15) is 5.26 Å². The lowest BCUT2D eigenvalue weighted by atomic mass is 9.97. The standard InChI is InChI=1S/C24H23N3O5/c1-31-21-13-20(23(24(29)30)27-18-7-5-15(14-25)6-8-18)22(32-10-9-28)12-19(21)16-3-2-4-17(26)11-16/h2-8,11-13,23,27-28H,9-10,26H2,1H3,(H,29,30)/p-1. The fraction of sp³-hybridized carbons (Fsp3) is 0.167. The lowest BCUT2D eigenvalue weighted by Crippen LogP contribution is -2.34. The van der Waals surface area contributed by atoms with Crippen LogP contribution in [0.5, 0.6) is 11.5 Å². The Hall–Kier alpha value is -4.22. The maximum Gasteiger partial charge on any atom is 0.127 e. The normalized spacial score (nSPS) is 11.3. The molecule has 0 heterocycles. The van der Waals surface area contributed by atoms with Crippen LogP contribution in [-0.2, 0) is 4.79 Å². The molecule has 0 aliphatic carbocycles. The molecule has 0 fully saturated rings. The Morgan fingerprint density at radius 3 is 2.53 bits per heavy atom. The first-order valence-corrected chi connectivity index (χ1v) is 9.76. The predicted octanol–water partition coefficient (Wildman–Crippen LogP) is 2.09. The minimum absolute atomic E-state index is 0.0354. The summed E-state index contributed by atoms with van der Waals surface area (Å²) in [6.45, 7) is -0.287. The van der Waals surface area contributed by atoms with Gasteiger partial charge in [0, 0.05) is 22.5 Å². The van der Waals surface area contributed by atoms with E-state index in [9.17, 15) is 15.0 Å². The Bertz CT molecular complexity index is 1140. The van der Waals surface area contributed by atoms with Gasteiger partial charge < -0.3 is 35.5 Å². The Balaban J connectivity index is 2.10. The fourth-order valence-electron chi connectivity index (χ4n) is 3.25. The third-order valence-corrected chi connectivity index (χ3v) is 4.75. The van der Waals surface area contributed by atoms with E-state index in [0.29, 0.717) is 28.3 Å². The van der Waals surface area contributed by atoms with Gasteiger partial charge in [0.2, 0.25) is 0 Å². The molecule has 1 atom stereocenters. The van der Waals surface area contributed by atoms with Crippen LogP contribution in [0.15, 0.2) is 60.7 Å². The van der Waals surface area contributed by atoms with E-state index in [0.717, 1.165) is 5.56 Å². The summed E-state index contributed by atoms with van der Waals surface area (Å²) in [7, 11) is 1.48. The molecule has 0 aromatic heterocycles. The van der Waals surface area contributed by atoms with E-state index in [2.05, 4.69) is 5.32 Å². The SMILES string of the molecule is COc1cc(C(Nc2ccc(C#N)cc2)C(=O)[O-])c(OCCO)cc1-c1cccc(N)c1. The molecule has 0 aliphatic rings. The summed E-state index contributed by atoms with van der Waals surface area (Å²) in [5, 5.41) is 33.2. The Morgan fingerprint density at radius 1 is 1.19 bits per heavy atom. The molecular weight excluding hydrogens is 410 g/mol. The molecule has 164 valence electrons. The van der Waals surface area contributed by atoms with Crippen molar-refractivity contribution in [2.45, 2.75) is 6.04 Å². The van der Waals surface area contributed by atoms with E-state index < -0.39 is 12.0 Å². The number of nitrogens with two attached hydrogens (primary N) is 1.